The van der Waals surface area contributed by atoms with Gasteiger partial charge in [-0.2, -0.15) is 0 Å². The van der Waals surface area contributed by atoms with Crippen LogP contribution in [-0.2, 0) is 6.61 Å². The van der Waals surface area contributed by atoms with Gasteiger partial charge in [-0.15, -0.1) is 0 Å². The summed E-state index contributed by atoms with van der Waals surface area (Å²) in [6, 6.07) is 2.70. The van der Waals surface area contributed by atoms with E-state index in [0.717, 1.165) is 0 Å². The van der Waals surface area contributed by atoms with Crippen LogP contribution in [0.5, 0.6) is 0 Å². The maximum atomic E-state index is 12.7. The van der Waals surface area contributed by atoms with Gasteiger partial charge in [-0.1, -0.05) is 17.7 Å². The van der Waals surface area contributed by atoms with Crippen molar-refractivity contribution in [2.75, 3.05) is 0 Å². The van der Waals surface area contributed by atoms with Gasteiger partial charge in [-0.3, -0.25) is 0 Å². The molecule has 1 aromatic rings. The molecule has 0 aliphatic rings. The molecule has 0 radical (unpaired) electrons. The van der Waals surface area contributed by atoms with E-state index in [0.29, 0.717) is 5.56 Å². The highest BCUT2D eigenvalue weighted by Crippen LogP contribution is 2.28. The lowest BCUT2D eigenvalue weighted by Gasteiger charge is -2.02. The van der Waals surface area contributed by atoms with Gasteiger partial charge in [0.25, 0.3) is 0 Å². The highest BCUT2D eigenvalue weighted by molar-refractivity contribution is 9.10. The maximum absolute atomic E-state index is 12.7. The molecule has 0 aromatic heterocycles. The summed E-state index contributed by atoms with van der Waals surface area (Å²) in [5.41, 5.74) is 0.514. The van der Waals surface area contributed by atoms with Gasteiger partial charge in [0.05, 0.1) is 16.1 Å². The molecule has 0 heterocycles. The molecule has 0 aliphatic carbocycles. The third-order valence-electron chi connectivity index (χ3n) is 1.29. The normalized spacial score (nSPS) is 10.2. The Morgan fingerprint density at radius 2 is 2.18 bits per heavy atom. The van der Waals surface area contributed by atoms with Crippen molar-refractivity contribution in [3.63, 3.8) is 0 Å². The van der Waals surface area contributed by atoms with Gasteiger partial charge in [-0.05, 0) is 27.6 Å². The molecule has 0 amide bonds. The van der Waals surface area contributed by atoms with Crippen LogP contribution >= 0.6 is 27.5 Å². The van der Waals surface area contributed by atoms with Crippen LogP contribution < -0.4 is 0 Å². The molecule has 1 aromatic carbocycles. The molecule has 0 aliphatic heterocycles. The molecule has 0 spiro atoms. The first kappa shape index (κ1) is 8.97. The topological polar surface area (TPSA) is 20.2 Å². The van der Waals surface area contributed by atoms with Crippen LogP contribution in [0.4, 0.5) is 4.39 Å². The van der Waals surface area contributed by atoms with Gasteiger partial charge in [0, 0.05) is 0 Å². The second kappa shape index (κ2) is 3.52. The van der Waals surface area contributed by atoms with Crippen LogP contribution in [-0.4, -0.2) is 5.11 Å². The quantitative estimate of drug-likeness (QED) is 0.747. The van der Waals surface area contributed by atoms with Crippen LogP contribution in [0.25, 0.3) is 0 Å². The van der Waals surface area contributed by atoms with Crippen molar-refractivity contribution in [3.05, 3.63) is 33.0 Å². The van der Waals surface area contributed by atoms with E-state index in [1.54, 1.807) is 0 Å². The Hall–Kier alpha value is -0.120. The Morgan fingerprint density at radius 1 is 1.55 bits per heavy atom. The molecule has 0 saturated heterocycles. The molecule has 0 saturated carbocycles. The average molecular weight is 239 g/mol. The van der Waals surface area contributed by atoms with Crippen molar-refractivity contribution in [3.8, 4) is 0 Å². The van der Waals surface area contributed by atoms with Crippen LogP contribution in [0.1, 0.15) is 5.56 Å². The van der Waals surface area contributed by atoms with E-state index >= 15 is 0 Å². The van der Waals surface area contributed by atoms with Gasteiger partial charge >= 0.3 is 0 Å². The Kier molecular flexibility index (Phi) is 2.87. The minimum absolute atomic E-state index is 0.183. The lowest BCUT2D eigenvalue weighted by atomic mass is 10.2. The van der Waals surface area contributed by atoms with Gasteiger partial charge in [0.2, 0.25) is 0 Å². The van der Waals surface area contributed by atoms with E-state index in [9.17, 15) is 4.39 Å². The summed E-state index contributed by atoms with van der Waals surface area (Å²) < 4.78 is 12.9. The van der Waals surface area contributed by atoms with Crippen molar-refractivity contribution in [2.45, 2.75) is 6.61 Å². The number of halogens is 3. The standard InChI is InChI=1S/C7H5BrClFO/c8-6-5(10)2-1-4(3-11)7(6)9/h1-2,11H,3H2. The first-order valence-corrected chi connectivity index (χ1v) is 4.07. The second-order valence-corrected chi connectivity index (χ2v) is 3.16. The number of aliphatic hydroxyl groups is 1. The summed E-state index contributed by atoms with van der Waals surface area (Å²) in [6.45, 7) is -0.183. The SMILES string of the molecule is OCc1ccc(F)c(Br)c1Cl. The zero-order chi connectivity index (χ0) is 8.43. The lowest BCUT2D eigenvalue weighted by molar-refractivity contribution is 0.281. The predicted octanol–water partition coefficient (Wildman–Crippen LogP) is 2.73. The zero-order valence-corrected chi connectivity index (χ0v) is 7.78. The summed E-state index contributed by atoms with van der Waals surface area (Å²) in [6.07, 6.45) is 0. The van der Waals surface area contributed by atoms with Crippen molar-refractivity contribution < 1.29 is 9.50 Å². The summed E-state index contributed by atoms with van der Waals surface area (Å²) in [5.74, 6) is -0.424. The van der Waals surface area contributed by atoms with E-state index in [1.165, 1.54) is 12.1 Å². The van der Waals surface area contributed by atoms with Gasteiger partial charge in [0.15, 0.2) is 0 Å². The molecule has 0 bridgehead atoms. The van der Waals surface area contributed by atoms with Crippen molar-refractivity contribution >= 4 is 27.5 Å². The minimum atomic E-state index is -0.424. The monoisotopic (exact) mass is 238 g/mol. The van der Waals surface area contributed by atoms with E-state index < -0.39 is 5.82 Å². The van der Waals surface area contributed by atoms with Crippen LogP contribution in [0, 0.1) is 5.82 Å². The van der Waals surface area contributed by atoms with Crippen LogP contribution in [0.3, 0.4) is 0 Å². The Morgan fingerprint density at radius 3 is 2.73 bits per heavy atom. The Bertz CT molecular complexity index is 277. The number of hydrogen-bond acceptors (Lipinski definition) is 1. The van der Waals surface area contributed by atoms with Gasteiger partial charge in [-0.25, -0.2) is 4.39 Å². The van der Waals surface area contributed by atoms with Crippen LogP contribution in [0.15, 0.2) is 16.6 Å². The lowest BCUT2D eigenvalue weighted by Crippen LogP contribution is -1.87. The summed E-state index contributed by atoms with van der Waals surface area (Å²) in [7, 11) is 0. The molecule has 0 unspecified atom stereocenters. The Balaban J connectivity index is 3.25. The minimum Gasteiger partial charge on any atom is -0.392 e. The number of benzene rings is 1. The van der Waals surface area contributed by atoms with E-state index in [1.807, 2.05) is 0 Å². The summed E-state index contributed by atoms with van der Waals surface area (Å²) >= 11 is 8.60. The molecule has 1 rings (SSSR count). The van der Waals surface area contributed by atoms with E-state index in [2.05, 4.69) is 15.9 Å². The van der Waals surface area contributed by atoms with Crippen LogP contribution in [0.2, 0.25) is 5.02 Å². The Labute approximate surface area is 76.9 Å². The van der Waals surface area contributed by atoms with Crippen molar-refractivity contribution in [1.29, 1.82) is 0 Å². The van der Waals surface area contributed by atoms with Gasteiger partial charge in [0.1, 0.15) is 5.82 Å². The largest absolute Gasteiger partial charge is 0.392 e. The fraction of sp³-hybridized carbons (Fsp3) is 0.143. The summed E-state index contributed by atoms with van der Waals surface area (Å²) in [5, 5.41) is 8.94. The first-order chi connectivity index (χ1) is 5.16. The van der Waals surface area contributed by atoms with Crippen molar-refractivity contribution in [1.82, 2.24) is 0 Å². The molecule has 1 nitrogen and oxygen atoms in total. The maximum Gasteiger partial charge on any atom is 0.138 e. The highest BCUT2D eigenvalue weighted by atomic mass is 79.9. The molecule has 0 atom stereocenters. The number of aliphatic hydroxyl groups excluding tert-OH is 1. The average Bonchev–Trinajstić information content (AvgIpc) is 2.01. The summed E-state index contributed by atoms with van der Waals surface area (Å²) in [4.78, 5) is 0. The van der Waals surface area contributed by atoms with Gasteiger partial charge < -0.3 is 5.11 Å². The van der Waals surface area contributed by atoms with Crippen molar-refractivity contribution in [2.24, 2.45) is 0 Å². The zero-order valence-electron chi connectivity index (χ0n) is 5.44. The number of rotatable bonds is 1. The smallest absolute Gasteiger partial charge is 0.138 e. The molecule has 60 valence electrons. The molecular weight excluding hydrogens is 234 g/mol. The molecular formula is C7H5BrClFO. The third kappa shape index (κ3) is 1.72. The first-order valence-electron chi connectivity index (χ1n) is 2.90. The van der Waals surface area contributed by atoms with E-state index in [-0.39, 0.29) is 16.1 Å². The van der Waals surface area contributed by atoms with E-state index in [4.69, 9.17) is 16.7 Å². The molecule has 1 N–H and O–H groups in total. The third-order valence-corrected chi connectivity index (χ3v) is 2.72. The molecule has 11 heavy (non-hydrogen) atoms. The molecule has 0 fully saturated rings. The molecule has 4 heteroatoms. The fourth-order valence-corrected chi connectivity index (χ4v) is 1.29. The second-order valence-electron chi connectivity index (χ2n) is 1.99. The number of hydrogen-bond donors (Lipinski definition) is 1. The fourth-order valence-electron chi connectivity index (χ4n) is 0.688. The predicted molar refractivity (Wildman–Crippen MR) is 45.0 cm³/mol. The highest BCUT2D eigenvalue weighted by Gasteiger charge is 2.07.